The molecule has 0 aliphatic heterocycles. The Morgan fingerprint density at radius 3 is 2.79 bits per heavy atom. The second kappa shape index (κ2) is 3.21. The van der Waals surface area contributed by atoms with Gasteiger partial charge in [-0.05, 0) is 25.2 Å². The lowest BCUT2D eigenvalue weighted by molar-refractivity contribution is -0.0643. The van der Waals surface area contributed by atoms with Gasteiger partial charge in [0.2, 0.25) is 0 Å². The van der Waals surface area contributed by atoms with Crippen LogP contribution in [0.3, 0.4) is 0 Å². The summed E-state index contributed by atoms with van der Waals surface area (Å²) in [6.07, 6.45) is 4.22. The van der Waals surface area contributed by atoms with Gasteiger partial charge in [0.1, 0.15) is 0 Å². The number of rotatable bonds is 2. The predicted octanol–water partition coefficient (Wildman–Crippen LogP) is 1.50. The molecule has 2 saturated carbocycles. The molecular formula is C12H18O2. The van der Waals surface area contributed by atoms with E-state index >= 15 is 0 Å². The maximum atomic E-state index is 10.2. The van der Waals surface area contributed by atoms with Crippen LogP contribution in [0.25, 0.3) is 0 Å². The molecule has 0 amide bonds. The molecule has 2 heteroatoms. The first kappa shape index (κ1) is 9.94. The third-order valence-electron chi connectivity index (χ3n) is 4.16. The molecule has 14 heavy (non-hydrogen) atoms. The van der Waals surface area contributed by atoms with Crippen LogP contribution in [0, 0.1) is 17.3 Å². The lowest BCUT2D eigenvalue weighted by Crippen LogP contribution is -2.45. The van der Waals surface area contributed by atoms with Crippen molar-refractivity contribution < 1.29 is 10.2 Å². The van der Waals surface area contributed by atoms with Crippen molar-refractivity contribution in [1.29, 1.82) is 0 Å². The Labute approximate surface area is 85.0 Å². The largest absolute Gasteiger partial charge is 0.396 e. The van der Waals surface area contributed by atoms with Crippen molar-refractivity contribution >= 4 is 0 Å². The standard InChI is InChI=1S/C12H18O2/c1-3-9-4-5-10-8(2)6-12(9,7-13)11(10)14/h3,9-11,13-14H,1-2,4-7H2/t9?,10?,11-,12-/m1/s1. The van der Waals surface area contributed by atoms with Crippen LogP contribution < -0.4 is 0 Å². The van der Waals surface area contributed by atoms with Crippen LogP contribution in [-0.2, 0) is 0 Å². The SMILES string of the molecule is C=CC1CCC2C(=C)C[C@]1(CO)[C@@H]2O. The normalized spacial score (nSPS) is 46.7. The Balaban J connectivity index is 2.38. The van der Waals surface area contributed by atoms with Crippen LogP contribution in [0.1, 0.15) is 19.3 Å². The van der Waals surface area contributed by atoms with Gasteiger partial charge in [0.05, 0.1) is 12.7 Å². The fourth-order valence-corrected chi connectivity index (χ4v) is 3.26. The van der Waals surface area contributed by atoms with Crippen LogP contribution in [0.15, 0.2) is 24.8 Å². The maximum absolute atomic E-state index is 10.2. The van der Waals surface area contributed by atoms with E-state index in [1.807, 2.05) is 6.08 Å². The van der Waals surface area contributed by atoms with Crippen LogP contribution in [0.2, 0.25) is 0 Å². The van der Waals surface area contributed by atoms with Crippen molar-refractivity contribution in [2.75, 3.05) is 6.61 Å². The summed E-state index contributed by atoms with van der Waals surface area (Å²) in [4.78, 5) is 0. The van der Waals surface area contributed by atoms with Crippen molar-refractivity contribution in [3.8, 4) is 0 Å². The number of allylic oxidation sites excluding steroid dienone is 1. The number of fused-ring (bicyclic) bond motifs is 2. The Morgan fingerprint density at radius 2 is 2.21 bits per heavy atom. The molecule has 0 aromatic rings. The first-order valence-corrected chi connectivity index (χ1v) is 5.25. The molecule has 2 aliphatic rings. The second-order valence-corrected chi connectivity index (χ2v) is 4.70. The molecule has 2 bridgehead atoms. The van der Waals surface area contributed by atoms with E-state index in [9.17, 15) is 10.2 Å². The predicted molar refractivity (Wildman–Crippen MR) is 55.7 cm³/mol. The molecule has 2 rings (SSSR count). The van der Waals surface area contributed by atoms with Gasteiger partial charge in [0.25, 0.3) is 0 Å². The van der Waals surface area contributed by atoms with Gasteiger partial charge in [-0.2, -0.15) is 0 Å². The van der Waals surface area contributed by atoms with Gasteiger partial charge >= 0.3 is 0 Å². The summed E-state index contributed by atoms with van der Waals surface area (Å²) in [5, 5.41) is 19.7. The topological polar surface area (TPSA) is 40.5 Å². The highest BCUT2D eigenvalue weighted by molar-refractivity contribution is 5.23. The number of hydrogen-bond acceptors (Lipinski definition) is 2. The van der Waals surface area contributed by atoms with E-state index in [-0.39, 0.29) is 23.9 Å². The average Bonchev–Trinajstić information content (AvgIpc) is 2.35. The molecule has 0 radical (unpaired) electrons. The third-order valence-corrected chi connectivity index (χ3v) is 4.16. The minimum absolute atomic E-state index is 0.0420. The van der Waals surface area contributed by atoms with Gasteiger partial charge in [-0.3, -0.25) is 0 Å². The zero-order valence-electron chi connectivity index (χ0n) is 8.45. The second-order valence-electron chi connectivity index (χ2n) is 4.70. The summed E-state index contributed by atoms with van der Waals surface area (Å²) in [6, 6.07) is 0. The lowest BCUT2D eigenvalue weighted by atomic mass is 9.66. The van der Waals surface area contributed by atoms with E-state index in [0.717, 1.165) is 24.8 Å². The molecule has 0 spiro atoms. The Morgan fingerprint density at radius 1 is 1.50 bits per heavy atom. The molecule has 78 valence electrons. The highest BCUT2D eigenvalue weighted by Crippen LogP contribution is 2.56. The maximum Gasteiger partial charge on any atom is 0.0692 e. The van der Waals surface area contributed by atoms with Crippen LogP contribution in [-0.4, -0.2) is 22.9 Å². The molecule has 2 N–H and O–H groups in total. The first-order chi connectivity index (χ1) is 6.65. The van der Waals surface area contributed by atoms with Crippen LogP contribution in [0.5, 0.6) is 0 Å². The van der Waals surface area contributed by atoms with E-state index in [1.165, 1.54) is 0 Å². The van der Waals surface area contributed by atoms with Gasteiger partial charge in [0, 0.05) is 11.3 Å². The molecule has 2 nitrogen and oxygen atoms in total. The summed E-state index contributed by atoms with van der Waals surface area (Å²) in [5.41, 5.74) is 0.734. The third kappa shape index (κ3) is 1.04. The van der Waals surface area contributed by atoms with E-state index in [1.54, 1.807) is 0 Å². The van der Waals surface area contributed by atoms with Gasteiger partial charge in [-0.15, -0.1) is 6.58 Å². The van der Waals surface area contributed by atoms with Crippen molar-refractivity contribution in [2.24, 2.45) is 17.3 Å². The molecule has 0 aromatic carbocycles. The van der Waals surface area contributed by atoms with Crippen molar-refractivity contribution in [3.05, 3.63) is 24.8 Å². The molecule has 2 aliphatic carbocycles. The van der Waals surface area contributed by atoms with Crippen LogP contribution in [0.4, 0.5) is 0 Å². The first-order valence-electron chi connectivity index (χ1n) is 5.25. The molecule has 2 fully saturated rings. The van der Waals surface area contributed by atoms with Gasteiger partial charge in [0.15, 0.2) is 0 Å². The minimum Gasteiger partial charge on any atom is -0.396 e. The average molecular weight is 194 g/mol. The monoisotopic (exact) mass is 194 g/mol. The Kier molecular flexibility index (Phi) is 2.28. The number of hydrogen-bond donors (Lipinski definition) is 2. The quantitative estimate of drug-likeness (QED) is 0.654. The van der Waals surface area contributed by atoms with Gasteiger partial charge in [-0.1, -0.05) is 18.2 Å². The van der Waals surface area contributed by atoms with E-state index in [0.29, 0.717) is 0 Å². The molecule has 4 atom stereocenters. The fourth-order valence-electron chi connectivity index (χ4n) is 3.26. The van der Waals surface area contributed by atoms with Crippen molar-refractivity contribution in [2.45, 2.75) is 25.4 Å². The Bertz CT molecular complexity index is 271. The zero-order valence-corrected chi connectivity index (χ0v) is 8.45. The van der Waals surface area contributed by atoms with Crippen LogP contribution >= 0.6 is 0 Å². The fraction of sp³-hybridized carbons (Fsp3) is 0.667. The molecule has 0 aromatic heterocycles. The molecule has 2 unspecified atom stereocenters. The highest BCUT2D eigenvalue weighted by atomic mass is 16.3. The molecule has 0 saturated heterocycles. The van der Waals surface area contributed by atoms with Gasteiger partial charge < -0.3 is 10.2 Å². The summed E-state index contributed by atoms with van der Waals surface area (Å²) < 4.78 is 0. The summed E-state index contributed by atoms with van der Waals surface area (Å²) in [5.74, 6) is 0.441. The smallest absolute Gasteiger partial charge is 0.0692 e. The van der Waals surface area contributed by atoms with E-state index in [2.05, 4.69) is 13.2 Å². The summed E-state index contributed by atoms with van der Waals surface area (Å²) >= 11 is 0. The summed E-state index contributed by atoms with van der Waals surface area (Å²) in [6.45, 7) is 7.85. The summed E-state index contributed by atoms with van der Waals surface area (Å²) in [7, 11) is 0. The minimum atomic E-state index is -0.420. The van der Waals surface area contributed by atoms with Crippen molar-refractivity contribution in [1.82, 2.24) is 0 Å². The highest BCUT2D eigenvalue weighted by Gasteiger charge is 2.55. The Hall–Kier alpha value is -0.600. The number of aliphatic hydroxyl groups is 2. The lowest BCUT2D eigenvalue weighted by Gasteiger charge is -2.42. The number of aliphatic hydroxyl groups excluding tert-OH is 2. The molecular weight excluding hydrogens is 176 g/mol. The van der Waals surface area contributed by atoms with E-state index in [4.69, 9.17) is 0 Å². The molecule has 0 heterocycles. The van der Waals surface area contributed by atoms with Crippen molar-refractivity contribution in [3.63, 3.8) is 0 Å². The van der Waals surface area contributed by atoms with E-state index < -0.39 is 6.10 Å². The zero-order chi connectivity index (χ0) is 10.3. The van der Waals surface area contributed by atoms with Gasteiger partial charge in [-0.25, -0.2) is 0 Å².